The summed E-state index contributed by atoms with van der Waals surface area (Å²) in [5.74, 6) is -7.83. The van der Waals surface area contributed by atoms with Crippen LogP contribution in [0, 0.1) is 11.8 Å². The van der Waals surface area contributed by atoms with Crippen molar-refractivity contribution in [3.63, 3.8) is 0 Å². The third-order valence-corrected chi connectivity index (χ3v) is 6.41. The Morgan fingerprint density at radius 2 is 1.65 bits per heavy atom. The Hall–Kier alpha value is -3.49. The van der Waals surface area contributed by atoms with Crippen LogP contribution < -0.4 is 5.32 Å². The SMILES string of the molecule is CC1CC(C(=O)O)CN(C(=O)C(F)(F)CNC(=O)OCC2c3ccccc3-c3ccccc32)C1. The highest BCUT2D eigenvalue weighted by molar-refractivity contribution is 5.85. The number of nitrogens with zero attached hydrogens (tertiary/aromatic N) is 1. The number of alkyl carbamates (subject to hydrolysis) is 1. The third kappa shape index (κ3) is 4.73. The predicted molar refractivity (Wildman–Crippen MR) is 120 cm³/mol. The second-order valence-corrected chi connectivity index (χ2v) is 8.97. The average molecular weight is 472 g/mol. The van der Waals surface area contributed by atoms with Gasteiger partial charge in [0.25, 0.3) is 5.91 Å². The first-order valence-corrected chi connectivity index (χ1v) is 11.2. The quantitative estimate of drug-likeness (QED) is 0.668. The van der Waals surface area contributed by atoms with Gasteiger partial charge in [-0.2, -0.15) is 8.78 Å². The van der Waals surface area contributed by atoms with Crippen LogP contribution in [0.3, 0.4) is 0 Å². The van der Waals surface area contributed by atoms with Crippen molar-refractivity contribution in [2.45, 2.75) is 25.2 Å². The maximum Gasteiger partial charge on any atom is 0.407 e. The van der Waals surface area contributed by atoms with Gasteiger partial charge in [-0.3, -0.25) is 9.59 Å². The number of amides is 2. The smallest absolute Gasteiger partial charge is 0.407 e. The van der Waals surface area contributed by atoms with Crippen molar-refractivity contribution in [1.29, 1.82) is 0 Å². The number of aliphatic carboxylic acids is 1. The molecular formula is C25H26F2N2O5. The molecule has 2 atom stereocenters. The fourth-order valence-corrected chi connectivity index (χ4v) is 4.84. The summed E-state index contributed by atoms with van der Waals surface area (Å²) in [4.78, 5) is 36.7. The molecule has 34 heavy (non-hydrogen) atoms. The maximum atomic E-state index is 14.5. The molecule has 0 aromatic heterocycles. The zero-order valence-electron chi connectivity index (χ0n) is 18.7. The first-order chi connectivity index (χ1) is 16.2. The molecule has 1 heterocycles. The van der Waals surface area contributed by atoms with Gasteiger partial charge in [-0.05, 0) is 34.6 Å². The normalized spacial score (nSPS) is 19.8. The Balaban J connectivity index is 1.34. The molecule has 1 aliphatic heterocycles. The van der Waals surface area contributed by atoms with Gasteiger partial charge in [0.1, 0.15) is 6.61 Å². The third-order valence-electron chi connectivity index (χ3n) is 6.41. The van der Waals surface area contributed by atoms with Crippen LogP contribution in [0.5, 0.6) is 0 Å². The number of benzene rings is 2. The number of piperidine rings is 1. The molecule has 1 aliphatic carbocycles. The fourth-order valence-electron chi connectivity index (χ4n) is 4.84. The molecule has 0 bridgehead atoms. The minimum Gasteiger partial charge on any atom is -0.481 e. The second kappa shape index (κ2) is 9.40. The summed E-state index contributed by atoms with van der Waals surface area (Å²) >= 11 is 0. The summed E-state index contributed by atoms with van der Waals surface area (Å²) < 4.78 is 34.3. The Morgan fingerprint density at radius 1 is 1.06 bits per heavy atom. The number of hydrogen-bond acceptors (Lipinski definition) is 4. The lowest BCUT2D eigenvalue weighted by atomic mass is 9.90. The Morgan fingerprint density at radius 3 is 2.24 bits per heavy atom. The number of fused-ring (bicyclic) bond motifs is 3. The van der Waals surface area contributed by atoms with Crippen molar-refractivity contribution in [3.05, 3.63) is 59.7 Å². The number of carbonyl (C=O) groups excluding carboxylic acids is 2. The van der Waals surface area contributed by atoms with Crippen LogP contribution >= 0.6 is 0 Å². The molecule has 0 radical (unpaired) electrons. The van der Waals surface area contributed by atoms with Crippen molar-refractivity contribution in [3.8, 4) is 11.1 Å². The molecule has 2 aliphatic rings. The average Bonchev–Trinajstić information content (AvgIpc) is 3.14. The van der Waals surface area contributed by atoms with Gasteiger partial charge in [-0.1, -0.05) is 55.5 Å². The zero-order chi connectivity index (χ0) is 24.5. The van der Waals surface area contributed by atoms with Gasteiger partial charge >= 0.3 is 18.0 Å². The first kappa shape index (κ1) is 23.7. The van der Waals surface area contributed by atoms with E-state index in [2.05, 4.69) is 0 Å². The molecule has 7 nitrogen and oxygen atoms in total. The maximum absolute atomic E-state index is 14.5. The van der Waals surface area contributed by atoms with Gasteiger partial charge < -0.3 is 20.1 Å². The van der Waals surface area contributed by atoms with Gasteiger partial charge in [-0.15, -0.1) is 0 Å². The second-order valence-electron chi connectivity index (χ2n) is 8.97. The van der Waals surface area contributed by atoms with Crippen LogP contribution in [0.4, 0.5) is 13.6 Å². The van der Waals surface area contributed by atoms with Crippen LogP contribution in [0.25, 0.3) is 11.1 Å². The highest BCUT2D eigenvalue weighted by atomic mass is 19.3. The lowest BCUT2D eigenvalue weighted by Gasteiger charge is -2.36. The van der Waals surface area contributed by atoms with E-state index in [0.29, 0.717) is 6.42 Å². The number of carbonyl (C=O) groups is 3. The number of rotatable bonds is 6. The zero-order valence-corrected chi connectivity index (χ0v) is 18.7. The molecule has 1 saturated heterocycles. The Bertz CT molecular complexity index is 1060. The summed E-state index contributed by atoms with van der Waals surface area (Å²) in [5, 5.41) is 11.2. The predicted octanol–water partition coefficient (Wildman–Crippen LogP) is 3.73. The molecule has 2 amide bonds. The Kier molecular flexibility index (Phi) is 6.54. The van der Waals surface area contributed by atoms with Crippen LogP contribution in [-0.4, -0.2) is 60.1 Å². The number of alkyl halides is 2. The van der Waals surface area contributed by atoms with E-state index in [9.17, 15) is 28.3 Å². The van der Waals surface area contributed by atoms with E-state index in [-0.39, 0.29) is 31.5 Å². The molecule has 0 spiro atoms. The Labute approximate surface area is 195 Å². The van der Waals surface area contributed by atoms with Gasteiger partial charge in [0.05, 0.1) is 12.5 Å². The van der Waals surface area contributed by atoms with Crippen LogP contribution in [0.1, 0.15) is 30.4 Å². The molecule has 2 aromatic rings. The summed E-state index contributed by atoms with van der Waals surface area (Å²) in [6.45, 7) is 0.207. The highest BCUT2D eigenvalue weighted by Gasteiger charge is 2.45. The van der Waals surface area contributed by atoms with E-state index in [0.717, 1.165) is 27.2 Å². The van der Waals surface area contributed by atoms with Gasteiger partial charge in [-0.25, -0.2) is 4.79 Å². The number of nitrogens with one attached hydrogen (secondary N) is 1. The molecule has 4 rings (SSSR count). The number of carboxylic acids is 1. The number of halogens is 2. The van der Waals surface area contributed by atoms with Crippen molar-refractivity contribution in [1.82, 2.24) is 10.2 Å². The molecule has 2 unspecified atom stereocenters. The lowest BCUT2D eigenvalue weighted by Crippen LogP contribution is -2.54. The molecule has 0 saturated carbocycles. The van der Waals surface area contributed by atoms with Gasteiger partial charge in [0.15, 0.2) is 0 Å². The van der Waals surface area contributed by atoms with E-state index >= 15 is 0 Å². The summed E-state index contributed by atoms with van der Waals surface area (Å²) in [5.41, 5.74) is 4.06. The van der Waals surface area contributed by atoms with E-state index in [1.165, 1.54) is 0 Å². The monoisotopic (exact) mass is 472 g/mol. The van der Waals surface area contributed by atoms with Crippen molar-refractivity contribution >= 4 is 18.0 Å². The standard InChI is InChI=1S/C25H26F2N2O5/c1-15-10-16(22(30)31)12-29(11-15)23(32)25(26,27)14-28-24(33)34-13-21-19-8-4-2-6-17(19)18-7-3-5-9-20(18)21/h2-9,15-16,21H,10-14H2,1H3,(H,28,33)(H,30,31). The molecule has 9 heteroatoms. The summed E-state index contributed by atoms with van der Waals surface area (Å²) in [6.07, 6.45) is -0.729. The first-order valence-electron chi connectivity index (χ1n) is 11.2. The molecule has 1 fully saturated rings. The lowest BCUT2D eigenvalue weighted by molar-refractivity contribution is -0.161. The highest BCUT2D eigenvalue weighted by Crippen LogP contribution is 2.44. The minimum atomic E-state index is -3.88. The molecular weight excluding hydrogens is 446 g/mol. The van der Waals surface area contributed by atoms with E-state index < -0.39 is 36.4 Å². The van der Waals surface area contributed by atoms with Crippen LogP contribution in [-0.2, 0) is 14.3 Å². The molecule has 180 valence electrons. The molecule has 2 N–H and O–H groups in total. The van der Waals surface area contributed by atoms with Crippen molar-refractivity contribution < 1.29 is 33.0 Å². The van der Waals surface area contributed by atoms with E-state index in [4.69, 9.17) is 4.74 Å². The number of hydrogen-bond donors (Lipinski definition) is 2. The van der Waals surface area contributed by atoms with Crippen LogP contribution in [0.15, 0.2) is 48.5 Å². The fraction of sp³-hybridized carbons (Fsp3) is 0.400. The van der Waals surface area contributed by atoms with Gasteiger partial charge in [0, 0.05) is 19.0 Å². The summed E-state index contributed by atoms with van der Waals surface area (Å²) in [6, 6.07) is 15.5. The largest absolute Gasteiger partial charge is 0.481 e. The molecule has 2 aromatic carbocycles. The topological polar surface area (TPSA) is 95.9 Å². The van der Waals surface area contributed by atoms with Gasteiger partial charge in [0.2, 0.25) is 0 Å². The van der Waals surface area contributed by atoms with E-state index in [1.54, 1.807) is 6.92 Å². The number of ether oxygens (including phenoxy) is 1. The van der Waals surface area contributed by atoms with E-state index in [1.807, 2.05) is 53.8 Å². The number of likely N-dealkylation sites (tertiary alicyclic amines) is 1. The van der Waals surface area contributed by atoms with Crippen molar-refractivity contribution in [2.75, 3.05) is 26.2 Å². The number of carboxylic acid groups (broad SMARTS) is 1. The summed E-state index contributed by atoms with van der Waals surface area (Å²) in [7, 11) is 0. The van der Waals surface area contributed by atoms with Crippen LogP contribution in [0.2, 0.25) is 0 Å². The minimum absolute atomic E-state index is 0.0384. The van der Waals surface area contributed by atoms with Crippen molar-refractivity contribution in [2.24, 2.45) is 11.8 Å².